The molecular weight excluding hydrogens is 256 g/mol. The van der Waals surface area contributed by atoms with Crippen molar-refractivity contribution in [2.24, 2.45) is 0 Å². The van der Waals surface area contributed by atoms with Crippen molar-refractivity contribution in [1.82, 2.24) is 10.2 Å². The van der Waals surface area contributed by atoms with Crippen LogP contribution in [0, 0.1) is 0 Å². The lowest BCUT2D eigenvalue weighted by molar-refractivity contribution is 0.0195. The molecule has 1 aliphatic rings. The maximum atomic E-state index is 11.9. The molecule has 1 saturated heterocycles. The summed E-state index contributed by atoms with van der Waals surface area (Å²) in [7, 11) is 0. The van der Waals surface area contributed by atoms with Gasteiger partial charge < -0.3 is 20.1 Å². The minimum absolute atomic E-state index is 0.215. The van der Waals surface area contributed by atoms with Gasteiger partial charge in [-0.15, -0.1) is 0 Å². The zero-order chi connectivity index (χ0) is 15.3. The predicted octanol–water partition coefficient (Wildman–Crippen LogP) is 2.13. The minimum atomic E-state index is -0.433. The van der Waals surface area contributed by atoms with Crippen LogP contribution in [0.15, 0.2) is 0 Å². The third-order valence-electron chi connectivity index (χ3n) is 3.36. The second-order valence-corrected chi connectivity index (χ2v) is 6.89. The van der Waals surface area contributed by atoms with Crippen molar-refractivity contribution in [1.29, 1.82) is 0 Å². The van der Waals surface area contributed by atoms with Gasteiger partial charge in [0, 0.05) is 25.2 Å². The normalized spacial score (nSPS) is 20.6. The average Bonchev–Trinajstić information content (AvgIpc) is 2.26. The molecule has 5 heteroatoms. The van der Waals surface area contributed by atoms with E-state index in [0.717, 1.165) is 32.4 Å². The Bertz CT molecular complexity index is 305. The minimum Gasteiger partial charge on any atom is -0.444 e. The number of aliphatic hydroxyl groups excluding tert-OH is 1. The van der Waals surface area contributed by atoms with Gasteiger partial charge in [0.25, 0.3) is 0 Å². The molecule has 0 radical (unpaired) electrons. The van der Waals surface area contributed by atoms with Crippen LogP contribution in [0.25, 0.3) is 0 Å². The molecule has 0 aromatic heterocycles. The molecule has 2 atom stereocenters. The summed E-state index contributed by atoms with van der Waals surface area (Å²) in [5.74, 6) is 0. The van der Waals surface area contributed by atoms with Crippen LogP contribution in [0.3, 0.4) is 0 Å². The van der Waals surface area contributed by atoms with Gasteiger partial charge in [0.2, 0.25) is 0 Å². The fourth-order valence-electron chi connectivity index (χ4n) is 2.54. The average molecular weight is 286 g/mol. The third-order valence-corrected chi connectivity index (χ3v) is 3.36. The molecule has 1 amide bonds. The molecule has 0 spiro atoms. The second kappa shape index (κ2) is 7.27. The molecule has 2 N–H and O–H groups in total. The van der Waals surface area contributed by atoms with Crippen LogP contribution in [0.1, 0.15) is 53.9 Å². The van der Waals surface area contributed by atoms with Gasteiger partial charge in [-0.1, -0.05) is 0 Å². The van der Waals surface area contributed by atoms with Gasteiger partial charge in [0.15, 0.2) is 0 Å². The van der Waals surface area contributed by atoms with Gasteiger partial charge in [-0.25, -0.2) is 4.79 Å². The highest BCUT2D eigenvalue weighted by atomic mass is 16.6. The molecule has 0 aromatic carbocycles. The number of nitrogens with zero attached hydrogens (tertiary/aromatic N) is 1. The van der Waals surface area contributed by atoms with Crippen molar-refractivity contribution in [3.8, 4) is 0 Å². The van der Waals surface area contributed by atoms with Crippen LogP contribution in [-0.4, -0.2) is 53.0 Å². The first-order chi connectivity index (χ1) is 9.17. The van der Waals surface area contributed by atoms with E-state index in [1.54, 1.807) is 4.90 Å². The maximum Gasteiger partial charge on any atom is 0.410 e. The van der Waals surface area contributed by atoms with Crippen molar-refractivity contribution in [2.45, 2.75) is 77.7 Å². The van der Waals surface area contributed by atoms with Crippen LogP contribution >= 0.6 is 0 Å². The smallest absolute Gasteiger partial charge is 0.410 e. The number of hydrogen-bond donors (Lipinski definition) is 2. The number of nitrogens with one attached hydrogen (secondary N) is 1. The maximum absolute atomic E-state index is 11.9. The van der Waals surface area contributed by atoms with E-state index in [0.29, 0.717) is 12.1 Å². The van der Waals surface area contributed by atoms with Gasteiger partial charge >= 0.3 is 6.09 Å². The summed E-state index contributed by atoms with van der Waals surface area (Å²) >= 11 is 0. The summed E-state index contributed by atoms with van der Waals surface area (Å²) in [5.41, 5.74) is -0.433. The molecule has 20 heavy (non-hydrogen) atoms. The number of carbonyl (C=O) groups excluding carboxylic acids is 1. The molecule has 118 valence electrons. The molecule has 1 rings (SSSR count). The fourth-order valence-corrected chi connectivity index (χ4v) is 2.54. The molecule has 2 unspecified atom stereocenters. The summed E-state index contributed by atoms with van der Waals surface area (Å²) in [6, 6.07) is 0.718. The molecule has 0 aliphatic carbocycles. The lowest BCUT2D eigenvalue weighted by Crippen LogP contribution is -2.48. The molecule has 5 nitrogen and oxygen atoms in total. The number of hydrogen-bond acceptors (Lipinski definition) is 4. The van der Waals surface area contributed by atoms with E-state index in [2.05, 4.69) is 12.2 Å². The summed E-state index contributed by atoms with van der Waals surface area (Å²) < 4.78 is 5.38. The number of amides is 1. The van der Waals surface area contributed by atoms with Gasteiger partial charge in [-0.3, -0.25) is 0 Å². The van der Waals surface area contributed by atoms with Crippen LogP contribution < -0.4 is 5.32 Å². The van der Waals surface area contributed by atoms with Gasteiger partial charge in [-0.2, -0.15) is 0 Å². The van der Waals surface area contributed by atoms with Crippen LogP contribution in [0.2, 0.25) is 0 Å². The Labute approximate surface area is 122 Å². The standard InChI is InChI=1S/C15H30N2O3/c1-11(10-12(2)18)16-13-6-8-17(9-7-13)14(19)20-15(3,4)5/h11-13,16,18H,6-10H2,1-5H3. The Morgan fingerprint density at radius 2 is 1.90 bits per heavy atom. The highest BCUT2D eigenvalue weighted by Crippen LogP contribution is 2.16. The van der Waals surface area contributed by atoms with E-state index in [9.17, 15) is 9.90 Å². The zero-order valence-corrected chi connectivity index (χ0v) is 13.5. The monoisotopic (exact) mass is 286 g/mol. The summed E-state index contributed by atoms with van der Waals surface area (Å²) in [5, 5.41) is 12.9. The molecule has 1 fully saturated rings. The number of likely N-dealkylation sites (tertiary alicyclic amines) is 1. The highest BCUT2D eigenvalue weighted by molar-refractivity contribution is 5.68. The van der Waals surface area contributed by atoms with Gasteiger partial charge in [0.05, 0.1) is 6.10 Å². The van der Waals surface area contributed by atoms with Crippen molar-refractivity contribution >= 4 is 6.09 Å². The Morgan fingerprint density at radius 3 is 2.35 bits per heavy atom. The van der Waals surface area contributed by atoms with E-state index >= 15 is 0 Å². The van der Waals surface area contributed by atoms with E-state index < -0.39 is 5.60 Å². The van der Waals surface area contributed by atoms with E-state index in [1.807, 2.05) is 27.7 Å². The number of piperidine rings is 1. The Morgan fingerprint density at radius 1 is 1.35 bits per heavy atom. The van der Waals surface area contributed by atoms with Gasteiger partial charge in [-0.05, 0) is 53.9 Å². The third kappa shape index (κ3) is 6.57. The highest BCUT2D eigenvalue weighted by Gasteiger charge is 2.27. The predicted molar refractivity (Wildman–Crippen MR) is 79.7 cm³/mol. The van der Waals surface area contributed by atoms with E-state index in [-0.39, 0.29) is 12.2 Å². The molecule has 1 aliphatic heterocycles. The Balaban J connectivity index is 2.31. The first-order valence-electron chi connectivity index (χ1n) is 7.59. The number of ether oxygens (including phenoxy) is 1. The van der Waals surface area contributed by atoms with Crippen molar-refractivity contribution in [3.05, 3.63) is 0 Å². The second-order valence-electron chi connectivity index (χ2n) is 6.89. The van der Waals surface area contributed by atoms with Crippen LogP contribution in [0.4, 0.5) is 4.79 Å². The largest absolute Gasteiger partial charge is 0.444 e. The Hall–Kier alpha value is -0.810. The van der Waals surface area contributed by atoms with Crippen molar-refractivity contribution in [2.75, 3.05) is 13.1 Å². The van der Waals surface area contributed by atoms with Crippen molar-refractivity contribution in [3.63, 3.8) is 0 Å². The van der Waals surface area contributed by atoms with Crippen LogP contribution in [0.5, 0.6) is 0 Å². The SMILES string of the molecule is CC(O)CC(C)NC1CCN(C(=O)OC(C)(C)C)CC1. The molecular formula is C15H30N2O3. The van der Waals surface area contributed by atoms with E-state index in [1.165, 1.54) is 0 Å². The molecule has 1 heterocycles. The number of carbonyl (C=O) groups is 1. The summed E-state index contributed by atoms with van der Waals surface area (Å²) in [6.07, 6.45) is 2.13. The number of rotatable bonds is 4. The Kier molecular flexibility index (Phi) is 6.27. The zero-order valence-electron chi connectivity index (χ0n) is 13.5. The van der Waals surface area contributed by atoms with E-state index in [4.69, 9.17) is 4.74 Å². The first kappa shape index (κ1) is 17.2. The first-order valence-corrected chi connectivity index (χ1v) is 7.59. The summed E-state index contributed by atoms with van der Waals surface area (Å²) in [4.78, 5) is 13.7. The lowest BCUT2D eigenvalue weighted by atomic mass is 10.0. The lowest BCUT2D eigenvalue weighted by Gasteiger charge is -2.35. The number of aliphatic hydroxyl groups is 1. The quantitative estimate of drug-likeness (QED) is 0.831. The molecule has 0 saturated carbocycles. The molecule has 0 bridgehead atoms. The topological polar surface area (TPSA) is 61.8 Å². The van der Waals surface area contributed by atoms with Crippen LogP contribution in [-0.2, 0) is 4.74 Å². The molecule has 0 aromatic rings. The fraction of sp³-hybridized carbons (Fsp3) is 0.933. The summed E-state index contributed by atoms with van der Waals surface area (Å²) in [6.45, 7) is 11.0. The van der Waals surface area contributed by atoms with Gasteiger partial charge in [0.1, 0.15) is 5.60 Å². The van der Waals surface area contributed by atoms with Crippen molar-refractivity contribution < 1.29 is 14.6 Å².